The Bertz CT molecular complexity index is 1140. The lowest BCUT2D eigenvalue weighted by Gasteiger charge is -2.13. The molecule has 2 aromatic carbocycles. The lowest BCUT2D eigenvalue weighted by atomic mass is 9.94. The van der Waals surface area contributed by atoms with E-state index in [1.807, 2.05) is 43.3 Å². The van der Waals surface area contributed by atoms with Gasteiger partial charge in [-0.15, -0.1) is 0 Å². The van der Waals surface area contributed by atoms with Crippen LogP contribution in [0.5, 0.6) is 0 Å². The van der Waals surface area contributed by atoms with Crippen molar-refractivity contribution in [2.75, 3.05) is 5.73 Å². The van der Waals surface area contributed by atoms with Crippen LogP contribution in [-0.2, 0) is 0 Å². The van der Waals surface area contributed by atoms with Crippen molar-refractivity contribution < 1.29 is 4.39 Å². The molecule has 2 aromatic heterocycles. The van der Waals surface area contributed by atoms with Crippen LogP contribution >= 0.6 is 0 Å². The molecule has 0 saturated carbocycles. The zero-order valence-electron chi connectivity index (χ0n) is 14.5. The quantitative estimate of drug-likeness (QED) is 0.572. The van der Waals surface area contributed by atoms with Gasteiger partial charge in [0.15, 0.2) is 0 Å². The van der Waals surface area contributed by atoms with Gasteiger partial charge in [-0.05, 0) is 60.9 Å². The number of aryl methyl sites for hydroxylation is 2. The molecule has 2 N–H and O–H groups in total. The number of rotatable bonds is 2. The zero-order valence-corrected chi connectivity index (χ0v) is 14.5. The minimum Gasteiger partial charge on any atom is -0.383 e. The van der Waals surface area contributed by atoms with Crippen LogP contribution < -0.4 is 5.73 Å². The summed E-state index contributed by atoms with van der Waals surface area (Å²) in [5, 5.41) is 0.798. The Morgan fingerprint density at radius 1 is 0.885 bits per heavy atom. The highest BCUT2D eigenvalue weighted by Gasteiger charge is 2.14. The summed E-state index contributed by atoms with van der Waals surface area (Å²) in [5.41, 5.74) is 11.9. The van der Waals surface area contributed by atoms with Crippen LogP contribution in [0, 0.1) is 19.7 Å². The third-order valence-electron chi connectivity index (χ3n) is 4.55. The largest absolute Gasteiger partial charge is 0.383 e. The number of fused-ring (bicyclic) bond motifs is 1. The molecule has 5 heteroatoms. The van der Waals surface area contributed by atoms with Gasteiger partial charge in [0.25, 0.3) is 0 Å². The number of nitrogens with zero attached hydrogens (tertiary/aromatic N) is 3. The SMILES string of the molecule is Cc1cc(-c2ncccc2-c2ccc3ncnc(N)c3c2)c(C)cc1F. The average Bonchev–Trinajstić information content (AvgIpc) is 2.65. The monoisotopic (exact) mass is 344 g/mol. The van der Waals surface area contributed by atoms with E-state index < -0.39 is 0 Å². The summed E-state index contributed by atoms with van der Waals surface area (Å²) < 4.78 is 13.9. The fraction of sp³-hybridized carbons (Fsp3) is 0.0952. The van der Waals surface area contributed by atoms with Crippen LogP contribution in [0.1, 0.15) is 11.1 Å². The van der Waals surface area contributed by atoms with Gasteiger partial charge < -0.3 is 5.73 Å². The molecular weight excluding hydrogens is 327 g/mol. The van der Waals surface area contributed by atoms with E-state index in [2.05, 4.69) is 15.0 Å². The summed E-state index contributed by atoms with van der Waals surface area (Å²) in [6.45, 7) is 3.65. The first kappa shape index (κ1) is 16.1. The molecule has 4 aromatic rings. The molecule has 0 aliphatic heterocycles. The number of hydrogen-bond donors (Lipinski definition) is 1. The van der Waals surface area contributed by atoms with Gasteiger partial charge in [-0.3, -0.25) is 4.98 Å². The van der Waals surface area contributed by atoms with Gasteiger partial charge in [0.2, 0.25) is 0 Å². The molecule has 0 fully saturated rings. The Labute approximate surface area is 150 Å². The summed E-state index contributed by atoms with van der Waals surface area (Å²) in [5.74, 6) is 0.232. The number of halogens is 1. The number of anilines is 1. The fourth-order valence-electron chi connectivity index (χ4n) is 3.13. The van der Waals surface area contributed by atoms with Crippen LogP contribution in [0.4, 0.5) is 10.2 Å². The first-order valence-corrected chi connectivity index (χ1v) is 8.27. The minimum atomic E-state index is -0.209. The molecule has 0 radical (unpaired) electrons. The highest BCUT2D eigenvalue weighted by atomic mass is 19.1. The lowest BCUT2D eigenvalue weighted by molar-refractivity contribution is 0.617. The Morgan fingerprint density at radius 3 is 2.58 bits per heavy atom. The Balaban J connectivity index is 1.95. The first-order chi connectivity index (χ1) is 12.5. The molecule has 0 aliphatic carbocycles. The molecule has 26 heavy (non-hydrogen) atoms. The van der Waals surface area contributed by atoms with Crippen molar-refractivity contribution in [3.8, 4) is 22.4 Å². The van der Waals surface area contributed by atoms with E-state index in [4.69, 9.17) is 5.73 Å². The summed E-state index contributed by atoms with van der Waals surface area (Å²) in [4.78, 5) is 12.9. The van der Waals surface area contributed by atoms with Crippen molar-refractivity contribution in [1.29, 1.82) is 0 Å². The number of hydrogen-bond acceptors (Lipinski definition) is 4. The molecule has 4 rings (SSSR count). The Morgan fingerprint density at radius 2 is 1.73 bits per heavy atom. The van der Waals surface area contributed by atoms with Crippen molar-refractivity contribution >= 4 is 16.7 Å². The number of nitrogens with two attached hydrogens (primary N) is 1. The van der Waals surface area contributed by atoms with E-state index in [0.29, 0.717) is 11.4 Å². The van der Waals surface area contributed by atoms with E-state index in [1.54, 1.807) is 19.2 Å². The van der Waals surface area contributed by atoms with Crippen molar-refractivity contribution in [3.05, 3.63) is 71.9 Å². The Hall–Kier alpha value is -3.34. The summed E-state index contributed by atoms with van der Waals surface area (Å²) in [6.07, 6.45) is 3.20. The number of aromatic nitrogens is 3. The van der Waals surface area contributed by atoms with Gasteiger partial charge >= 0.3 is 0 Å². The van der Waals surface area contributed by atoms with E-state index in [9.17, 15) is 4.39 Å². The van der Waals surface area contributed by atoms with E-state index >= 15 is 0 Å². The molecule has 2 heterocycles. The van der Waals surface area contributed by atoms with Crippen molar-refractivity contribution in [2.45, 2.75) is 13.8 Å². The molecular formula is C21H17FN4. The van der Waals surface area contributed by atoms with Gasteiger partial charge in [0.1, 0.15) is 18.0 Å². The molecule has 0 unspecified atom stereocenters. The van der Waals surface area contributed by atoms with Gasteiger partial charge in [0.05, 0.1) is 11.2 Å². The van der Waals surface area contributed by atoms with Crippen molar-refractivity contribution in [2.24, 2.45) is 0 Å². The summed E-state index contributed by atoms with van der Waals surface area (Å²) in [6, 6.07) is 13.2. The van der Waals surface area contributed by atoms with Crippen molar-refractivity contribution in [1.82, 2.24) is 15.0 Å². The van der Waals surface area contributed by atoms with E-state index in [0.717, 1.165) is 38.9 Å². The van der Waals surface area contributed by atoms with Crippen LogP contribution in [0.3, 0.4) is 0 Å². The molecule has 0 spiro atoms. The third kappa shape index (κ3) is 2.67. The van der Waals surface area contributed by atoms with Crippen molar-refractivity contribution in [3.63, 3.8) is 0 Å². The summed E-state index contributed by atoms with van der Waals surface area (Å²) >= 11 is 0. The minimum absolute atomic E-state index is 0.209. The second-order valence-electron chi connectivity index (χ2n) is 6.31. The van der Waals surface area contributed by atoms with Crippen LogP contribution in [0.25, 0.3) is 33.3 Å². The zero-order chi connectivity index (χ0) is 18.3. The molecule has 0 bridgehead atoms. The van der Waals surface area contributed by atoms with Gasteiger partial charge in [-0.1, -0.05) is 12.1 Å². The fourth-order valence-corrected chi connectivity index (χ4v) is 3.13. The maximum atomic E-state index is 13.9. The van der Waals surface area contributed by atoms with Gasteiger partial charge in [-0.2, -0.15) is 0 Å². The number of pyridine rings is 1. The smallest absolute Gasteiger partial charge is 0.134 e. The molecule has 0 aliphatic rings. The standard InChI is InChI=1S/C21H17FN4/c1-12-9-18(22)13(2)8-16(12)20-15(4-3-7-24-20)14-5-6-19-17(10-14)21(23)26-11-25-19/h3-11H,1-2H3,(H2,23,25,26). The Kier molecular flexibility index (Phi) is 3.84. The first-order valence-electron chi connectivity index (χ1n) is 8.27. The third-order valence-corrected chi connectivity index (χ3v) is 4.55. The van der Waals surface area contributed by atoms with Gasteiger partial charge in [0, 0.05) is 22.7 Å². The predicted molar refractivity (Wildman–Crippen MR) is 102 cm³/mol. The molecule has 128 valence electrons. The highest BCUT2D eigenvalue weighted by Crippen LogP contribution is 2.34. The number of nitrogen functional groups attached to an aromatic ring is 1. The maximum Gasteiger partial charge on any atom is 0.134 e. The van der Waals surface area contributed by atoms with E-state index in [1.165, 1.54) is 6.33 Å². The lowest BCUT2D eigenvalue weighted by Crippen LogP contribution is -1.96. The summed E-state index contributed by atoms with van der Waals surface area (Å²) in [7, 11) is 0. The van der Waals surface area contributed by atoms with Crippen LogP contribution in [0.2, 0.25) is 0 Å². The van der Waals surface area contributed by atoms with Crippen LogP contribution in [0.15, 0.2) is 55.0 Å². The maximum absolute atomic E-state index is 13.9. The predicted octanol–water partition coefficient (Wildman–Crippen LogP) is 4.70. The highest BCUT2D eigenvalue weighted by molar-refractivity contribution is 5.93. The second-order valence-corrected chi connectivity index (χ2v) is 6.31. The van der Waals surface area contributed by atoms with Crippen LogP contribution in [-0.4, -0.2) is 15.0 Å². The van der Waals surface area contributed by atoms with E-state index in [-0.39, 0.29) is 5.82 Å². The average molecular weight is 344 g/mol. The van der Waals surface area contributed by atoms with Gasteiger partial charge in [-0.25, -0.2) is 14.4 Å². The normalized spacial score (nSPS) is 11.0. The molecule has 0 atom stereocenters. The second kappa shape index (κ2) is 6.19. The topological polar surface area (TPSA) is 64.7 Å². The molecule has 0 amide bonds. The number of benzene rings is 2. The molecule has 4 nitrogen and oxygen atoms in total. The molecule has 0 saturated heterocycles.